The minimum absolute atomic E-state index is 0. The number of carbonyl (C=O) groups excluding carboxylic acids is 1. The third kappa shape index (κ3) is 4.47. The van der Waals surface area contributed by atoms with Crippen LogP contribution in [0.2, 0.25) is 0 Å². The number of hydrogen-bond donors (Lipinski definition) is 1. The molecule has 0 saturated carbocycles. The largest absolute Gasteiger partial charge is 0.416 e. The van der Waals surface area contributed by atoms with Crippen LogP contribution in [0.15, 0.2) is 24.3 Å². The van der Waals surface area contributed by atoms with Crippen molar-refractivity contribution in [2.75, 3.05) is 13.1 Å². The molecular formula is C18H24ClF3N2O. The molecule has 2 saturated heterocycles. The molecule has 1 amide bonds. The maximum atomic E-state index is 12.9. The summed E-state index contributed by atoms with van der Waals surface area (Å²) in [6.07, 6.45) is -1.00. The van der Waals surface area contributed by atoms with Gasteiger partial charge in [0.1, 0.15) is 0 Å². The van der Waals surface area contributed by atoms with E-state index in [1.54, 1.807) is 6.07 Å². The molecule has 1 aromatic rings. The molecule has 3 atom stereocenters. The molecule has 3 unspecified atom stereocenters. The lowest BCUT2D eigenvalue weighted by atomic mass is 9.97. The first-order valence-corrected chi connectivity index (χ1v) is 8.55. The average molecular weight is 377 g/mol. The monoisotopic (exact) mass is 376 g/mol. The Morgan fingerprint density at radius 2 is 2.00 bits per heavy atom. The van der Waals surface area contributed by atoms with Crippen LogP contribution in [0.5, 0.6) is 0 Å². The Bertz CT molecular complexity index is 594. The van der Waals surface area contributed by atoms with Crippen molar-refractivity contribution in [2.24, 2.45) is 5.92 Å². The van der Waals surface area contributed by atoms with Crippen LogP contribution in [0.4, 0.5) is 13.2 Å². The van der Waals surface area contributed by atoms with Gasteiger partial charge in [0, 0.05) is 24.5 Å². The van der Waals surface area contributed by atoms with E-state index in [-0.39, 0.29) is 36.3 Å². The van der Waals surface area contributed by atoms with Gasteiger partial charge in [-0.05, 0) is 43.9 Å². The van der Waals surface area contributed by atoms with Crippen molar-refractivity contribution in [3.8, 4) is 0 Å². The van der Waals surface area contributed by atoms with Crippen molar-refractivity contribution in [3.63, 3.8) is 0 Å². The molecule has 2 heterocycles. The van der Waals surface area contributed by atoms with Crippen LogP contribution in [-0.4, -0.2) is 36.0 Å². The van der Waals surface area contributed by atoms with E-state index in [2.05, 4.69) is 5.32 Å². The van der Waals surface area contributed by atoms with Crippen LogP contribution in [0.1, 0.15) is 37.3 Å². The maximum absolute atomic E-state index is 12.9. The van der Waals surface area contributed by atoms with E-state index in [4.69, 9.17) is 0 Å². The van der Waals surface area contributed by atoms with Crippen molar-refractivity contribution in [1.82, 2.24) is 10.2 Å². The highest BCUT2D eigenvalue weighted by Crippen LogP contribution is 2.32. The molecule has 3 nitrogen and oxygen atoms in total. The van der Waals surface area contributed by atoms with E-state index in [1.165, 1.54) is 6.07 Å². The number of halogens is 4. The summed E-state index contributed by atoms with van der Waals surface area (Å²) in [5, 5.41) is 3.36. The molecule has 140 valence electrons. The zero-order valence-corrected chi connectivity index (χ0v) is 15.0. The number of alkyl halides is 3. The molecule has 2 bridgehead atoms. The van der Waals surface area contributed by atoms with Gasteiger partial charge in [-0.3, -0.25) is 4.79 Å². The van der Waals surface area contributed by atoms with Gasteiger partial charge >= 0.3 is 6.18 Å². The van der Waals surface area contributed by atoms with Crippen LogP contribution < -0.4 is 5.32 Å². The summed E-state index contributed by atoms with van der Waals surface area (Å²) in [5.74, 6) is -0.238. The van der Waals surface area contributed by atoms with E-state index in [1.807, 2.05) is 11.8 Å². The molecule has 0 aromatic heterocycles. The third-order valence-corrected chi connectivity index (χ3v) is 5.13. The van der Waals surface area contributed by atoms with Gasteiger partial charge in [-0.25, -0.2) is 0 Å². The van der Waals surface area contributed by atoms with Crippen LogP contribution in [0.3, 0.4) is 0 Å². The molecule has 2 aliphatic rings. The summed E-state index contributed by atoms with van der Waals surface area (Å²) >= 11 is 0. The molecule has 0 aliphatic carbocycles. The summed E-state index contributed by atoms with van der Waals surface area (Å²) in [6, 6.07) is 5.81. The lowest BCUT2D eigenvalue weighted by Crippen LogP contribution is -2.45. The molecule has 0 spiro atoms. The van der Waals surface area contributed by atoms with Crippen molar-refractivity contribution in [3.05, 3.63) is 35.4 Å². The van der Waals surface area contributed by atoms with Crippen LogP contribution in [0.25, 0.3) is 0 Å². The first kappa shape index (κ1) is 20.0. The fraction of sp³-hybridized carbons (Fsp3) is 0.611. The Labute approximate surface area is 152 Å². The molecule has 1 aromatic carbocycles. The van der Waals surface area contributed by atoms with Gasteiger partial charge in [0.15, 0.2) is 0 Å². The number of rotatable bonds is 3. The number of hydrogen-bond acceptors (Lipinski definition) is 2. The van der Waals surface area contributed by atoms with Crippen molar-refractivity contribution < 1.29 is 18.0 Å². The van der Waals surface area contributed by atoms with E-state index >= 15 is 0 Å². The fourth-order valence-corrected chi connectivity index (χ4v) is 3.91. The predicted octanol–water partition coefficient (Wildman–Crippen LogP) is 3.66. The summed E-state index contributed by atoms with van der Waals surface area (Å²) in [6.45, 7) is 3.56. The molecular weight excluding hydrogens is 353 g/mol. The Balaban J connectivity index is 0.00000225. The lowest BCUT2D eigenvalue weighted by molar-refractivity contribution is -0.137. The van der Waals surface area contributed by atoms with Crippen LogP contribution in [0, 0.1) is 5.92 Å². The maximum Gasteiger partial charge on any atom is 0.416 e. The molecule has 2 fully saturated rings. The topological polar surface area (TPSA) is 32.3 Å². The number of fused-ring (bicyclic) bond motifs is 2. The number of amides is 1. The Kier molecular flexibility index (Phi) is 6.38. The lowest BCUT2D eigenvalue weighted by Gasteiger charge is -2.30. The number of carbonyl (C=O) groups is 1. The Hall–Kier alpha value is -1.27. The van der Waals surface area contributed by atoms with Crippen molar-refractivity contribution >= 4 is 18.3 Å². The zero-order valence-electron chi connectivity index (χ0n) is 14.2. The average Bonchev–Trinajstić information content (AvgIpc) is 2.79. The van der Waals surface area contributed by atoms with E-state index in [0.717, 1.165) is 44.5 Å². The second-order valence-electron chi connectivity index (χ2n) is 6.93. The molecule has 7 heteroatoms. The first-order chi connectivity index (χ1) is 11.4. The molecule has 1 N–H and O–H groups in total. The normalized spacial score (nSPS) is 24.4. The smallest absolute Gasteiger partial charge is 0.335 e. The Morgan fingerprint density at radius 3 is 2.72 bits per heavy atom. The van der Waals surface area contributed by atoms with Crippen LogP contribution >= 0.6 is 12.4 Å². The van der Waals surface area contributed by atoms with Gasteiger partial charge in [-0.15, -0.1) is 12.4 Å². The minimum Gasteiger partial charge on any atom is -0.335 e. The molecule has 2 aliphatic heterocycles. The number of nitrogens with one attached hydrogen (secondary N) is 1. The summed E-state index contributed by atoms with van der Waals surface area (Å²) < 4.78 is 38.5. The van der Waals surface area contributed by atoms with Gasteiger partial charge in [0.2, 0.25) is 5.91 Å². The van der Waals surface area contributed by atoms with Crippen molar-refractivity contribution in [2.45, 2.75) is 50.9 Å². The standard InChI is InChI=1S/C18H23F3N2O.ClH/c1-12(9-13-3-2-4-14(10-13)18(19,20)21)17(24)23-15-5-6-16(23)11-22-8-7-15;/h2-4,10,12,15-16,22H,5-9,11H2,1H3;1H. The highest BCUT2D eigenvalue weighted by Gasteiger charge is 2.39. The first-order valence-electron chi connectivity index (χ1n) is 8.55. The highest BCUT2D eigenvalue weighted by molar-refractivity contribution is 5.85. The predicted molar refractivity (Wildman–Crippen MR) is 92.7 cm³/mol. The van der Waals surface area contributed by atoms with Gasteiger partial charge < -0.3 is 10.2 Å². The summed E-state index contributed by atoms with van der Waals surface area (Å²) in [4.78, 5) is 14.9. The van der Waals surface area contributed by atoms with Gasteiger partial charge in [-0.1, -0.05) is 25.1 Å². The van der Waals surface area contributed by atoms with Crippen LogP contribution in [-0.2, 0) is 17.4 Å². The van der Waals surface area contributed by atoms with Gasteiger partial charge in [0.25, 0.3) is 0 Å². The second-order valence-corrected chi connectivity index (χ2v) is 6.93. The minimum atomic E-state index is -4.35. The number of benzene rings is 1. The molecule has 3 rings (SSSR count). The van der Waals surface area contributed by atoms with Gasteiger partial charge in [0.05, 0.1) is 5.56 Å². The summed E-state index contributed by atoms with van der Waals surface area (Å²) in [7, 11) is 0. The fourth-order valence-electron chi connectivity index (χ4n) is 3.91. The summed E-state index contributed by atoms with van der Waals surface area (Å²) in [5.41, 5.74) is -0.0929. The quantitative estimate of drug-likeness (QED) is 0.873. The molecule has 0 radical (unpaired) electrons. The highest BCUT2D eigenvalue weighted by atomic mass is 35.5. The van der Waals surface area contributed by atoms with Gasteiger partial charge in [-0.2, -0.15) is 13.2 Å². The SMILES string of the molecule is CC(Cc1cccc(C(F)(F)F)c1)C(=O)N1C2CCNCC1CC2.Cl. The molecule has 25 heavy (non-hydrogen) atoms. The van der Waals surface area contributed by atoms with E-state index < -0.39 is 11.7 Å². The van der Waals surface area contributed by atoms with E-state index in [0.29, 0.717) is 12.0 Å². The Morgan fingerprint density at radius 1 is 1.28 bits per heavy atom. The zero-order chi connectivity index (χ0) is 17.3. The number of nitrogens with zero attached hydrogens (tertiary/aromatic N) is 1. The second kappa shape index (κ2) is 7.96. The van der Waals surface area contributed by atoms with E-state index in [9.17, 15) is 18.0 Å². The van der Waals surface area contributed by atoms with Crippen molar-refractivity contribution in [1.29, 1.82) is 0 Å². The third-order valence-electron chi connectivity index (χ3n) is 5.13.